The van der Waals surface area contributed by atoms with Gasteiger partial charge in [0.15, 0.2) is 5.82 Å². The highest BCUT2D eigenvalue weighted by atomic mass is 79.9. The van der Waals surface area contributed by atoms with E-state index in [0.29, 0.717) is 11.8 Å². The Kier molecular flexibility index (Phi) is 6.49. The minimum atomic E-state index is -0.109. The van der Waals surface area contributed by atoms with Gasteiger partial charge in [0, 0.05) is 46.2 Å². The Bertz CT molecular complexity index is 1540. The van der Waals surface area contributed by atoms with Crippen molar-refractivity contribution in [3.05, 3.63) is 88.0 Å². The molecule has 0 aliphatic heterocycles. The quantitative estimate of drug-likeness (QED) is 0.245. The summed E-state index contributed by atoms with van der Waals surface area (Å²) in [6, 6.07) is 12.1. The molecule has 0 N–H and O–H groups in total. The Morgan fingerprint density at radius 2 is 1.67 bits per heavy atom. The summed E-state index contributed by atoms with van der Waals surface area (Å²) in [5, 5.41) is 18.0. The van der Waals surface area contributed by atoms with Gasteiger partial charge in [0.2, 0.25) is 11.8 Å². The molecule has 0 saturated heterocycles. The number of aromatic nitrogens is 7. The predicted octanol–water partition coefficient (Wildman–Crippen LogP) is 6.37. The SMILES string of the molecule is Cc1cc(Br)c(-c2nnc(C(C)C(C)c3nnc(-c4ccncc4C)n3-c3ccccc3C)o2)cn1. The van der Waals surface area contributed by atoms with Crippen molar-refractivity contribution in [2.45, 2.75) is 46.5 Å². The molecule has 2 atom stereocenters. The summed E-state index contributed by atoms with van der Waals surface area (Å²) < 4.78 is 9.12. The van der Waals surface area contributed by atoms with Crippen LogP contribution in [0.4, 0.5) is 0 Å². The van der Waals surface area contributed by atoms with E-state index in [0.717, 1.165) is 49.8 Å². The second-order valence-corrected chi connectivity index (χ2v) is 9.88. The fourth-order valence-electron chi connectivity index (χ4n) is 4.19. The molecule has 0 amide bonds. The second-order valence-electron chi connectivity index (χ2n) is 9.02. The maximum absolute atomic E-state index is 6.12. The zero-order chi connectivity index (χ0) is 25.4. The summed E-state index contributed by atoms with van der Waals surface area (Å²) in [5.74, 6) is 2.38. The van der Waals surface area contributed by atoms with Crippen molar-refractivity contribution in [1.29, 1.82) is 0 Å². The van der Waals surface area contributed by atoms with E-state index >= 15 is 0 Å². The van der Waals surface area contributed by atoms with Gasteiger partial charge < -0.3 is 4.42 Å². The second kappa shape index (κ2) is 9.73. The highest BCUT2D eigenvalue weighted by Gasteiger charge is 2.29. The molecular formula is C27H26BrN7O. The number of aryl methyl sites for hydroxylation is 3. The molecule has 182 valence electrons. The van der Waals surface area contributed by atoms with E-state index in [1.54, 1.807) is 12.4 Å². The molecule has 0 radical (unpaired) electrons. The Hall–Kier alpha value is -3.72. The molecule has 0 aliphatic rings. The fraction of sp³-hybridized carbons (Fsp3) is 0.259. The molecule has 0 spiro atoms. The Morgan fingerprint density at radius 1 is 0.861 bits per heavy atom. The van der Waals surface area contributed by atoms with Crippen LogP contribution < -0.4 is 0 Å². The monoisotopic (exact) mass is 543 g/mol. The molecule has 5 aromatic rings. The molecule has 0 saturated carbocycles. The lowest BCUT2D eigenvalue weighted by molar-refractivity contribution is 0.428. The first-order valence-electron chi connectivity index (χ1n) is 11.7. The van der Waals surface area contributed by atoms with Crippen LogP contribution in [0.25, 0.3) is 28.5 Å². The Labute approximate surface area is 218 Å². The first-order chi connectivity index (χ1) is 17.3. The van der Waals surface area contributed by atoms with Crippen LogP contribution in [0.15, 0.2) is 63.9 Å². The number of nitrogens with zero attached hydrogens (tertiary/aromatic N) is 7. The third-order valence-corrected chi connectivity index (χ3v) is 7.17. The summed E-state index contributed by atoms with van der Waals surface area (Å²) in [4.78, 5) is 8.61. The maximum Gasteiger partial charge on any atom is 0.250 e. The lowest BCUT2D eigenvalue weighted by Gasteiger charge is -2.20. The van der Waals surface area contributed by atoms with Gasteiger partial charge in [-0.15, -0.1) is 20.4 Å². The summed E-state index contributed by atoms with van der Waals surface area (Å²) in [6.07, 6.45) is 5.36. The van der Waals surface area contributed by atoms with E-state index in [-0.39, 0.29) is 11.8 Å². The van der Waals surface area contributed by atoms with Crippen LogP contribution in [0.1, 0.15) is 54.2 Å². The van der Waals surface area contributed by atoms with Gasteiger partial charge in [0.1, 0.15) is 5.82 Å². The minimum absolute atomic E-state index is 0.0686. The van der Waals surface area contributed by atoms with Gasteiger partial charge in [-0.2, -0.15) is 0 Å². The topological polar surface area (TPSA) is 95.4 Å². The summed E-state index contributed by atoms with van der Waals surface area (Å²) in [5.41, 5.74) is 5.85. The molecule has 4 heterocycles. The lowest BCUT2D eigenvalue weighted by Crippen LogP contribution is -2.13. The molecular weight excluding hydrogens is 518 g/mol. The first kappa shape index (κ1) is 24.0. The van der Waals surface area contributed by atoms with Gasteiger partial charge in [-0.1, -0.05) is 32.0 Å². The Balaban J connectivity index is 1.57. The molecule has 0 fully saturated rings. The number of benzene rings is 1. The van der Waals surface area contributed by atoms with Gasteiger partial charge in [-0.25, -0.2) is 0 Å². The lowest BCUT2D eigenvalue weighted by atomic mass is 9.94. The van der Waals surface area contributed by atoms with Crippen molar-refractivity contribution in [3.63, 3.8) is 0 Å². The molecule has 4 aromatic heterocycles. The van der Waals surface area contributed by atoms with Crippen LogP contribution in [0, 0.1) is 20.8 Å². The summed E-state index contributed by atoms with van der Waals surface area (Å²) >= 11 is 3.57. The van der Waals surface area contributed by atoms with E-state index in [1.165, 1.54) is 0 Å². The predicted molar refractivity (Wildman–Crippen MR) is 141 cm³/mol. The summed E-state index contributed by atoms with van der Waals surface area (Å²) in [6.45, 7) is 10.2. The largest absolute Gasteiger partial charge is 0.420 e. The van der Waals surface area contributed by atoms with Crippen molar-refractivity contribution in [2.24, 2.45) is 0 Å². The molecule has 9 heteroatoms. The molecule has 1 aromatic carbocycles. The van der Waals surface area contributed by atoms with Gasteiger partial charge in [0.05, 0.1) is 11.3 Å². The van der Waals surface area contributed by atoms with Crippen molar-refractivity contribution in [2.75, 3.05) is 0 Å². The average Bonchev–Trinajstić information content (AvgIpc) is 3.52. The Morgan fingerprint density at radius 3 is 2.42 bits per heavy atom. The van der Waals surface area contributed by atoms with Crippen molar-refractivity contribution in [3.8, 4) is 28.5 Å². The van der Waals surface area contributed by atoms with E-state index in [9.17, 15) is 0 Å². The van der Waals surface area contributed by atoms with Gasteiger partial charge in [-0.3, -0.25) is 14.5 Å². The third-order valence-electron chi connectivity index (χ3n) is 6.51. The number of para-hydroxylation sites is 1. The number of hydrogen-bond acceptors (Lipinski definition) is 7. The molecule has 36 heavy (non-hydrogen) atoms. The minimum Gasteiger partial charge on any atom is -0.420 e. The summed E-state index contributed by atoms with van der Waals surface area (Å²) in [7, 11) is 0. The van der Waals surface area contributed by atoms with Crippen molar-refractivity contribution in [1.82, 2.24) is 34.9 Å². The van der Waals surface area contributed by atoms with Crippen LogP contribution in [-0.4, -0.2) is 34.9 Å². The van der Waals surface area contributed by atoms with Crippen LogP contribution in [0.3, 0.4) is 0 Å². The van der Waals surface area contributed by atoms with E-state index in [4.69, 9.17) is 4.42 Å². The molecule has 8 nitrogen and oxygen atoms in total. The number of rotatable bonds is 6. The third kappa shape index (κ3) is 4.35. The molecule has 0 bridgehead atoms. The number of hydrogen-bond donors (Lipinski definition) is 0. The van der Waals surface area contributed by atoms with Crippen molar-refractivity contribution >= 4 is 15.9 Å². The van der Waals surface area contributed by atoms with E-state index in [2.05, 4.69) is 83.8 Å². The molecule has 0 aliphatic carbocycles. The standard InChI is InChI=1S/C27H26BrN7O/c1-15-8-6-7-9-23(15)35-24(31-32-25(35)20-10-11-29-13-16(20)2)18(4)19(5)26-33-34-27(36-26)21-14-30-17(3)12-22(21)28/h6-14,18-19H,1-5H3. The molecule has 2 unspecified atom stereocenters. The van der Waals surface area contributed by atoms with Gasteiger partial charge in [0.25, 0.3) is 0 Å². The highest BCUT2D eigenvalue weighted by molar-refractivity contribution is 9.10. The molecule has 5 rings (SSSR count). The average molecular weight is 544 g/mol. The van der Waals surface area contributed by atoms with Crippen LogP contribution in [-0.2, 0) is 0 Å². The fourth-order valence-corrected chi connectivity index (χ4v) is 4.79. The van der Waals surface area contributed by atoms with E-state index in [1.807, 2.05) is 44.3 Å². The van der Waals surface area contributed by atoms with Gasteiger partial charge >= 0.3 is 0 Å². The highest BCUT2D eigenvalue weighted by Crippen LogP contribution is 2.37. The smallest absolute Gasteiger partial charge is 0.250 e. The van der Waals surface area contributed by atoms with Crippen LogP contribution in [0.2, 0.25) is 0 Å². The number of pyridine rings is 2. The first-order valence-corrected chi connectivity index (χ1v) is 12.5. The number of halogens is 1. The zero-order valence-electron chi connectivity index (χ0n) is 20.8. The van der Waals surface area contributed by atoms with Crippen LogP contribution >= 0.6 is 15.9 Å². The zero-order valence-corrected chi connectivity index (χ0v) is 22.4. The van der Waals surface area contributed by atoms with Crippen LogP contribution in [0.5, 0.6) is 0 Å². The van der Waals surface area contributed by atoms with Gasteiger partial charge in [-0.05, 0) is 66.0 Å². The van der Waals surface area contributed by atoms with E-state index < -0.39 is 0 Å². The maximum atomic E-state index is 6.12. The van der Waals surface area contributed by atoms with Crippen molar-refractivity contribution < 1.29 is 4.42 Å². The normalized spacial score (nSPS) is 13.1.